The zero-order valence-corrected chi connectivity index (χ0v) is 20.9. The van der Waals surface area contributed by atoms with Crippen molar-refractivity contribution < 1.29 is 9.53 Å². The van der Waals surface area contributed by atoms with Crippen molar-refractivity contribution in [2.75, 3.05) is 23.7 Å². The van der Waals surface area contributed by atoms with E-state index in [4.69, 9.17) is 9.72 Å². The molecule has 1 amide bonds. The molecule has 4 aromatic rings. The summed E-state index contributed by atoms with van der Waals surface area (Å²) in [6.07, 6.45) is 5.94. The van der Waals surface area contributed by atoms with Gasteiger partial charge in [-0.2, -0.15) is 0 Å². The number of ether oxygens (including phenoxy) is 1. The van der Waals surface area contributed by atoms with Crippen molar-refractivity contribution in [3.05, 3.63) is 53.7 Å². The standard InChI is InChI=1S/C27H28N6O2S/c1-16-30-26(24(36-16)22-12-14-29-27(33-22)31-18-5-4-13-28-15-18)35-23-11-10-21(32-25(34)17-8-9-17)19-6-2-3-7-20(19)23/h2-3,6-7,10-12,14,17-18,28H,4-5,8-9,13,15H2,1H3,(H,32,34)(H,29,31,33). The molecule has 0 spiro atoms. The molecule has 8 nitrogen and oxygen atoms in total. The van der Waals surface area contributed by atoms with E-state index < -0.39 is 0 Å². The van der Waals surface area contributed by atoms with E-state index in [1.807, 2.05) is 49.4 Å². The minimum Gasteiger partial charge on any atom is -0.437 e. The van der Waals surface area contributed by atoms with Crippen molar-refractivity contribution in [3.63, 3.8) is 0 Å². The first-order valence-corrected chi connectivity index (χ1v) is 13.2. The van der Waals surface area contributed by atoms with Gasteiger partial charge in [0.15, 0.2) is 0 Å². The molecule has 9 heteroatoms. The highest BCUT2D eigenvalue weighted by Gasteiger charge is 2.30. The number of hydrogen-bond donors (Lipinski definition) is 3. The second kappa shape index (κ2) is 9.83. The first-order valence-electron chi connectivity index (χ1n) is 12.4. The van der Waals surface area contributed by atoms with Gasteiger partial charge in [0.05, 0.1) is 10.7 Å². The lowest BCUT2D eigenvalue weighted by atomic mass is 10.1. The molecule has 0 radical (unpaired) electrons. The Kier molecular flexibility index (Phi) is 6.25. The van der Waals surface area contributed by atoms with Crippen LogP contribution in [0.1, 0.15) is 30.7 Å². The molecule has 3 N–H and O–H groups in total. The van der Waals surface area contributed by atoms with Crippen LogP contribution >= 0.6 is 11.3 Å². The van der Waals surface area contributed by atoms with Crippen LogP contribution in [0.2, 0.25) is 0 Å². The first-order chi connectivity index (χ1) is 17.6. The maximum atomic E-state index is 12.4. The average molecular weight is 501 g/mol. The van der Waals surface area contributed by atoms with Gasteiger partial charge in [0.2, 0.25) is 17.7 Å². The van der Waals surface area contributed by atoms with Crippen LogP contribution in [0.3, 0.4) is 0 Å². The summed E-state index contributed by atoms with van der Waals surface area (Å²) in [6, 6.07) is 13.9. The molecule has 2 aliphatic rings. The topological polar surface area (TPSA) is 101 Å². The lowest BCUT2D eigenvalue weighted by Gasteiger charge is -2.23. The Morgan fingerprint density at radius 3 is 2.75 bits per heavy atom. The minimum absolute atomic E-state index is 0.0865. The van der Waals surface area contributed by atoms with Crippen molar-refractivity contribution in [2.45, 2.75) is 38.6 Å². The van der Waals surface area contributed by atoms with E-state index in [1.165, 1.54) is 0 Å². The molecule has 1 aliphatic carbocycles. The number of piperidine rings is 1. The zero-order valence-electron chi connectivity index (χ0n) is 20.1. The molecule has 0 bridgehead atoms. The number of anilines is 2. The summed E-state index contributed by atoms with van der Waals surface area (Å²) >= 11 is 1.55. The van der Waals surface area contributed by atoms with E-state index in [9.17, 15) is 4.79 Å². The van der Waals surface area contributed by atoms with Crippen LogP contribution in [-0.2, 0) is 4.79 Å². The van der Waals surface area contributed by atoms with Crippen LogP contribution in [0.4, 0.5) is 11.6 Å². The van der Waals surface area contributed by atoms with Gasteiger partial charge in [-0.3, -0.25) is 4.79 Å². The number of benzene rings is 2. The number of carbonyl (C=O) groups excluding carboxylic acids is 1. The smallest absolute Gasteiger partial charge is 0.240 e. The molecule has 3 heterocycles. The highest BCUT2D eigenvalue weighted by Crippen LogP contribution is 2.41. The number of fused-ring (bicyclic) bond motifs is 1. The Morgan fingerprint density at radius 1 is 1.08 bits per heavy atom. The van der Waals surface area contributed by atoms with Gasteiger partial charge >= 0.3 is 0 Å². The highest BCUT2D eigenvalue weighted by atomic mass is 32.1. The van der Waals surface area contributed by atoms with Gasteiger partial charge < -0.3 is 20.7 Å². The highest BCUT2D eigenvalue weighted by molar-refractivity contribution is 7.15. The van der Waals surface area contributed by atoms with Crippen LogP contribution in [-0.4, -0.2) is 40.0 Å². The summed E-state index contributed by atoms with van der Waals surface area (Å²) in [5.41, 5.74) is 1.57. The predicted octanol–water partition coefficient (Wildman–Crippen LogP) is 5.37. The number of nitrogens with zero attached hydrogens (tertiary/aromatic N) is 3. The normalized spacial score (nSPS) is 17.6. The molecular weight excluding hydrogens is 472 g/mol. The molecule has 184 valence electrons. The SMILES string of the molecule is Cc1nc(Oc2ccc(NC(=O)C3CC3)c3ccccc23)c(-c2ccnc(NC3CCCNC3)n2)s1. The Bertz CT molecular complexity index is 1410. The van der Waals surface area contributed by atoms with E-state index in [1.54, 1.807) is 17.5 Å². The fourth-order valence-electron chi connectivity index (χ4n) is 4.51. The van der Waals surface area contributed by atoms with Gasteiger partial charge in [0, 0.05) is 41.2 Å². The van der Waals surface area contributed by atoms with Crippen LogP contribution in [0.25, 0.3) is 21.3 Å². The summed E-state index contributed by atoms with van der Waals surface area (Å²) in [5.74, 6) is 2.04. The third kappa shape index (κ3) is 4.89. The quantitative estimate of drug-likeness (QED) is 0.314. The van der Waals surface area contributed by atoms with Crippen molar-refractivity contribution in [1.29, 1.82) is 0 Å². The van der Waals surface area contributed by atoms with Crippen molar-refractivity contribution in [1.82, 2.24) is 20.3 Å². The lowest BCUT2D eigenvalue weighted by molar-refractivity contribution is -0.117. The summed E-state index contributed by atoms with van der Waals surface area (Å²) in [7, 11) is 0. The second-order valence-electron chi connectivity index (χ2n) is 9.34. The Balaban J connectivity index is 1.29. The molecule has 2 aromatic heterocycles. The Labute approximate surface area is 213 Å². The number of nitrogens with one attached hydrogen (secondary N) is 3. The van der Waals surface area contributed by atoms with Gasteiger partial charge in [-0.05, 0) is 57.4 Å². The largest absolute Gasteiger partial charge is 0.437 e. The Hall–Kier alpha value is -3.56. The number of carbonyl (C=O) groups is 1. The predicted molar refractivity (Wildman–Crippen MR) is 143 cm³/mol. The van der Waals surface area contributed by atoms with Gasteiger partial charge in [-0.15, -0.1) is 11.3 Å². The van der Waals surface area contributed by atoms with E-state index >= 15 is 0 Å². The van der Waals surface area contributed by atoms with Crippen molar-refractivity contribution >= 4 is 39.7 Å². The number of hydrogen-bond acceptors (Lipinski definition) is 8. The molecule has 1 atom stereocenters. The maximum absolute atomic E-state index is 12.4. The fraction of sp³-hybridized carbons (Fsp3) is 0.333. The molecule has 1 saturated heterocycles. The average Bonchev–Trinajstić information content (AvgIpc) is 3.69. The van der Waals surface area contributed by atoms with E-state index in [2.05, 4.69) is 25.9 Å². The monoisotopic (exact) mass is 500 g/mol. The van der Waals surface area contributed by atoms with E-state index in [0.29, 0.717) is 23.6 Å². The van der Waals surface area contributed by atoms with Gasteiger partial charge in [-0.25, -0.2) is 15.0 Å². The molecule has 1 unspecified atom stereocenters. The summed E-state index contributed by atoms with van der Waals surface area (Å²) in [6.45, 7) is 3.93. The Morgan fingerprint density at radius 2 is 1.94 bits per heavy atom. The third-order valence-corrected chi connectivity index (χ3v) is 7.49. The van der Waals surface area contributed by atoms with Crippen LogP contribution in [0.15, 0.2) is 48.7 Å². The van der Waals surface area contributed by atoms with Crippen LogP contribution < -0.4 is 20.7 Å². The number of aryl methyl sites for hydroxylation is 1. The number of amides is 1. The van der Waals surface area contributed by atoms with Gasteiger partial charge in [-0.1, -0.05) is 24.3 Å². The maximum Gasteiger partial charge on any atom is 0.240 e. The first kappa shape index (κ1) is 22.9. The second-order valence-corrected chi connectivity index (χ2v) is 10.5. The summed E-state index contributed by atoms with van der Waals surface area (Å²) in [5, 5.41) is 12.7. The van der Waals surface area contributed by atoms with Crippen molar-refractivity contribution in [3.8, 4) is 22.2 Å². The zero-order chi connectivity index (χ0) is 24.5. The molecule has 2 fully saturated rings. The molecule has 6 rings (SSSR count). The number of thiazole rings is 1. The fourth-order valence-corrected chi connectivity index (χ4v) is 5.32. The van der Waals surface area contributed by atoms with Gasteiger partial charge in [0.25, 0.3) is 0 Å². The van der Waals surface area contributed by atoms with E-state index in [0.717, 1.165) is 70.8 Å². The number of rotatable bonds is 7. The molecule has 1 saturated carbocycles. The van der Waals surface area contributed by atoms with Crippen LogP contribution in [0.5, 0.6) is 11.6 Å². The van der Waals surface area contributed by atoms with Gasteiger partial charge in [0.1, 0.15) is 10.6 Å². The summed E-state index contributed by atoms with van der Waals surface area (Å²) in [4.78, 5) is 27.1. The molecule has 36 heavy (non-hydrogen) atoms. The third-order valence-electron chi connectivity index (χ3n) is 6.52. The lowest BCUT2D eigenvalue weighted by Crippen LogP contribution is -2.38. The van der Waals surface area contributed by atoms with Crippen LogP contribution in [0, 0.1) is 12.8 Å². The van der Waals surface area contributed by atoms with Crippen molar-refractivity contribution in [2.24, 2.45) is 5.92 Å². The molecule has 1 aliphatic heterocycles. The van der Waals surface area contributed by atoms with E-state index in [-0.39, 0.29) is 11.8 Å². The molecular formula is C27H28N6O2S. The number of aromatic nitrogens is 3. The molecule has 2 aromatic carbocycles. The minimum atomic E-state index is 0.0865. The summed E-state index contributed by atoms with van der Waals surface area (Å²) < 4.78 is 6.40.